The van der Waals surface area contributed by atoms with E-state index in [4.69, 9.17) is 9.47 Å². The Kier molecular flexibility index (Phi) is 6.76. The molecule has 0 spiro atoms. The van der Waals surface area contributed by atoms with Crippen molar-refractivity contribution in [3.05, 3.63) is 35.5 Å². The molecule has 0 aromatic rings. The van der Waals surface area contributed by atoms with Gasteiger partial charge in [0.15, 0.2) is 0 Å². The highest BCUT2D eigenvalue weighted by Crippen LogP contribution is 2.29. The van der Waals surface area contributed by atoms with Crippen LogP contribution in [0.4, 0.5) is 0 Å². The third kappa shape index (κ3) is 5.67. The SMILES string of the molecule is COC(=O)C1=CC(OC(C)=O)C(C)(C)C=CC(O)C(C)=CCC1. The Morgan fingerprint density at radius 3 is 2.57 bits per heavy atom. The number of carbonyl (C=O) groups excluding carboxylic acids is 2. The van der Waals surface area contributed by atoms with E-state index in [2.05, 4.69) is 0 Å². The first-order valence-electron chi connectivity index (χ1n) is 7.67. The summed E-state index contributed by atoms with van der Waals surface area (Å²) >= 11 is 0. The van der Waals surface area contributed by atoms with Crippen LogP contribution in [0.15, 0.2) is 35.5 Å². The number of allylic oxidation sites excluding steroid dienone is 1. The number of esters is 2. The van der Waals surface area contributed by atoms with Gasteiger partial charge in [-0.05, 0) is 31.4 Å². The van der Waals surface area contributed by atoms with Gasteiger partial charge in [-0.1, -0.05) is 32.1 Å². The molecule has 0 aromatic carbocycles. The molecule has 0 amide bonds. The van der Waals surface area contributed by atoms with E-state index in [1.807, 2.05) is 26.8 Å². The summed E-state index contributed by atoms with van der Waals surface area (Å²) in [6.45, 7) is 6.93. The van der Waals surface area contributed by atoms with E-state index < -0.39 is 29.6 Å². The molecule has 0 radical (unpaired) electrons. The van der Waals surface area contributed by atoms with Crippen LogP contribution in [0.2, 0.25) is 0 Å². The second-order valence-electron chi connectivity index (χ2n) is 6.33. The predicted octanol–water partition coefficient (Wildman–Crippen LogP) is 2.70. The lowest BCUT2D eigenvalue weighted by Gasteiger charge is -2.29. The zero-order chi connectivity index (χ0) is 17.6. The Morgan fingerprint density at radius 1 is 1.35 bits per heavy atom. The van der Waals surface area contributed by atoms with Crippen molar-refractivity contribution < 1.29 is 24.2 Å². The molecular formula is C18H26O5. The van der Waals surface area contributed by atoms with Gasteiger partial charge < -0.3 is 14.6 Å². The Bertz CT molecular complexity index is 540. The van der Waals surface area contributed by atoms with Crippen molar-refractivity contribution in [1.29, 1.82) is 0 Å². The number of ether oxygens (including phenoxy) is 2. The van der Waals surface area contributed by atoms with E-state index in [0.717, 1.165) is 5.57 Å². The Labute approximate surface area is 137 Å². The normalized spacial score (nSPS) is 24.8. The Hall–Kier alpha value is -1.88. The summed E-state index contributed by atoms with van der Waals surface area (Å²) in [4.78, 5) is 23.4. The Morgan fingerprint density at radius 2 is 2.00 bits per heavy atom. The lowest BCUT2D eigenvalue weighted by atomic mass is 9.84. The number of methoxy groups -OCH3 is 1. The minimum absolute atomic E-state index is 0.429. The highest BCUT2D eigenvalue weighted by Gasteiger charge is 2.30. The molecule has 0 heterocycles. The fourth-order valence-electron chi connectivity index (χ4n) is 2.31. The van der Waals surface area contributed by atoms with E-state index in [0.29, 0.717) is 18.4 Å². The summed E-state index contributed by atoms with van der Waals surface area (Å²) in [5, 5.41) is 10.1. The van der Waals surface area contributed by atoms with Gasteiger partial charge in [0.05, 0.1) is 13.2 Å². The van der Waals surface area contributed by atoms with Gasteiger partial charge in [-0.25, -0.2) is 4.79 Å². The molecule has 5 heteroatoms. The van der Waals surface area contributed by atoms with Crippen LogP contribution in [-0.4, -0.2) is 36.4 Å². The maximum atomic E-state index is 12.0. The molecule has 0 saturated carbocycles. The molecule has 0 aromatic heterocycles. The first kappa shape index (κ1) is 19.2. The first-order valence-corrected chi connectivity index (χ1v) is 7.67. The van der Waals surface area contributed by atoms with Crippen LogP contribution in [0.1, 0.15) is 40.5 Å². The van der Waals surface area contributed by atoms with Crippen molar-refractivity contribution in [2.24, 2.45) is 5.41 Å². The fourth-order valence-corrected chi connectivity index (χ4v) is 2.31. The van der Waals surface area contributed by atoms with Crippen molar-refractivity contribution >= 4 is 11.9 Å². The van der Waals surface area contributed by atoms with Crippen LogP contribution >= 0.6 is 0 Å². The molecule has 0 saturated heterocycles. The van der Waals surface area contributed by atoms with Crippen LogP contribution < -0.4 is 0 Å². The molecule has 0 fully saturated rings. The van der Waals surface area contributed by atoms with E-state index in [-0.39, 0.29) is 0 Å². The monoisotopic (exact) mass is 322 g/mol. The summed E-state index contributed by atoms with van der Waals surface area (Å²) in [5.74, 6) is -0.866. The number of rotatable bonds is 2. The van der Waals surface area contributed by atoms with Gasteiger partial charge in [0.25, 0.3) is 0 Å². The zero-order valence-corrected chi connectivity index (χ0v) is 14.5. The summed E-state index contributed by atoms with van der Waals surface area (Å²) in [6.07, 6.45) is 6.74. The molecule has 2 atom stereocenters. The second kappa shape index (κ2) is 8.11. The van der Waals surface area contributed by atoms with Gasteiger partial charge in [0.2, 0.25) is 0 Å². The van der Waals surface area contributed by atoms with Crippen LogP contribution in [0.5, 0.6) is 0 Å². The van der Waals surface area contributed by atoms with Gasteiger partial charge in [0.1, 0.15) is 6.10 Å². The van der Waals surface area contributed by atoms with Gasteiger partial charge in [0, 0.05) is 17.9 Å². The lowest BCUT2D eigenvalue weighted by Crippen LogP contribution is -2.31. The number of hydrogen-bond acceptors (Lipinski definition) is 5. The van der Waals surface area contributed by atoms with Crippen LogP contribution in [0.25, 0.3) is 0 Å². The number of hydrogen-bond donors (Lipinski definition) is 1. The molecule has 23 heavy (non-hydrogen) atoms. The maximum absolute atomic E-state index is 12.0. The van der Waals surface area contributed by atoms with E-state index in [1.165, 1.54) is 14.0 Å². The van der Waals surface area contributed by atoms with Crippen LogP contribution in [0.3, 0.4) is 0 Å². The maximum Gasteiger partial charge on any atom is 0.333 e. The average Bonchev–Trinajstić information content (AvgIpc) is 2.49. The second-order valence-corrected chi connectivity index (χ2v) is 6.33. The van der Waals surface area contributed by atoms with Gasteiger partial charge in [-0.3, -0.25) is 4.79 Å². The van der Waals surface area contributed by atoms with E-state index in [9.17, 15) is 14.7 Å². The Balaban J connectivity index is 3.32. The van der Waals surface area contributed by atoms with Crippen LogP contribution in [-0.2, 0) is 19.1 Å². The minimum atomic E-state index is -0.702. The molecule has 1 N–H and O–H groups in total. The third-order valence-electron chi connectivity index (χ3n) is 3.88. The number of aliphatic hydroxyl groups excluding tert-OH is 1. The van der Waals surface area contributed by atoms with Gasteiger partial charge in [-0.15, -0.1) is 0 Å². The summed E-state index contributed by atoms with van der Waals surface area (Å²) < 4.78 is 10.2. The minimum Gasteiger partial charge on any atom is -0.466 e. The number of carbonyl (C=O) groups is 2. The van der Waals surface area contributed by atoms with E-state index in [1.54, 1.807) is 18.2 Å². The van der Waals surface area contributed by atoms with Crippen LogP contribution in [0, 0.1) is 5.41 Å². The first-order chi connectivity index (χ1) is 10.7. The lowest BCUT2D eigenvalue weighted by molar-refractivity contribution is -0.148. The molecular weight excluding hydrogens is 296 g/mol. The van der Waals surface area contributed by atoms with Gasteiger partial charge in [-0.2, -0.15) is 0 Å². The average molecular weight is 322 g/mol. The highest BCUT2D eigenvalue weighted by molar-refractivity contribution is 5.88. The van der Waals surface area contributed by atoms with E-state index >= 15 is 0 Å². The number of aliphatic hydroxyl groups is 1. The van der Waals surface area contributed by atoms with Crippen molar-refractivity contribution in [1.82, 2.24) is 0 Å². The van der Waals surface area contributed by atoms with Crippen molar-refractivity contribution in [3.8, 4) is 0 Å². The summed E-state index contributed by atoms with van der Waals surface area (Å²) in [5.41, 5.74) is 0.684. The molecule has 1 aliphatic carbocycles. The molecule has 2 unspecified atom stereocenters. The molecule has 0 bridgehead atoms. The van der Waals surface area contributed by atoms with Crippen molar-refractivity contribution in [2.45, 2.75) is 52.7 Å². The fraction of sp³-hybridized carbons (Fsp3) is 0.556. The highest BCUT2D eigenvalue weighted by atomic mass is 16.5. The smallest absolute Gasteiger partial charge is 0.333 e. The van der Waals surface area contributed by atoms with Gasteiger partial charge >= 0.3 is 11.9 Å². The largest absolute Gasteiger partial charge is 0.466 e. The molecule has 5 nitrogen and oxygen atoms in total. The molecule has 128 valence electrons. The van der Waals surface area contributed by atoms with Crippen molar-refractivity contribution in [3.63, 3.8) is 0 Å². The molecule has 0 aliphatic heterocycles. The molecule has 1 rings (SSSR count). The molecule has 1 aliphatic rings. The predicted molar refractivity (Wildman–Crippen MR) is 87.6 cm³/mol. The third-order valence-corrected chi connectivity index (χ3v) is 3.88. The topological polar surface area (TPSA) is 72.8 Å². The zero-order valence-electron chi connectivity index (χ0n) is 14.5. The quantitative estimate of drug-likeness (QED) is 0.625. The summed E-state index contributed by atoms with van der Waals surface area (Å²) in [7, 11) is 1.32. The van der Waals surface area contributed by atoms with Crippen molar-refractivity contribution in [2.75, 3.05) is 7.11 Å². The standard InChI is InChI=1S/C18H26O5/c1-12-7-6-8-14(17(21)22-5)11-16(23-13(2)19)18(3,4)10-9-15(12)20/h7,9-11,15-16,20H,6,8H2,1-5H3. The summed E-state index contributed by atoms with van der Waals surface area (Å²) in [6, 6.07) is 0.